The number of anilines is 1. The van der Waals surface area contributed by atoms with Crippen molar-refractivity contribution in [1.29, 1.82) is 0 Å². The number of benzene rings is 1. The molecule has 0 spiro atoms. The van der Waals surface area contributed by atoms with Crippen molar-refractivity contribution in [2.45, 2.75) is 0 Å². The number of phenolic OH excluding ortho intramolecular Hbond substituents is 2. The van der Waals surface area contributed by atoms with E-state index in [1.807, 2.05) is 11.4 Å². The highest BCUT2D eigenvalue weighted by Crippen LogP contribution is 2.27. The summed E-state index contributed by atoms with van der Waals surface area (Å²) in [5.41, 5.74) is 2.58. The third-order valence-corrected chi connectivity index (χ3v) is 3.58. The third kappa shape index (κ3) is 2.56. The smallest absolute Gasteiger partial charge is 0.347 e. The van der Waals surface area contributed by atoms with Gasteiger partial charge in [0.1, 0.15) is 10.6 Å². The van der Waals surface area contributed by atoms with Crippen molar-refractivity contribution < 1.29 is 10.2 Å². The van der Waals surface area contributed by atoms with E-state index in [-0.39, 0.29) is 11.5 Å². The van der Waals surface area contributed by atoms with Gasteiger partial charge < -0.3 is 10.2 Å². The summed E-state index contributed by atoms with van der Waals surface area (Å²) in [5.74, 6) is -0.0643. The minimum atomic E-state index is -0.470. The van der Waals surface area contributed by atoms with Gasteiger partial charge in [0.25, 0.3) is 0 Å². The lowest BCUT2D eigenvalue weighted by molar-refractivity contribution is 0.403. The quantitative estimate of drug-likeness (QED) is 0.335. The van der Waals surface area contributed by atoms with Crippen molar-refractivity contribution >= 4 is 33.6 Å². The Morgan fingerprint density at radius 1 is 1.33 bits per heavy atom. The second-order valence-corrected chi connectivity index (χ2v) is 5.04. The second kappa shape index (κ2) is 5.25. The van der Waals surface area contributed by atoms with Crippen molar-refractivity contribution in [3.05, 3.63) is 45.7 Å². The fourth-order valence-corrected chi connectivity index (χ4v) is 2.55. The van der Waals surface area contributed by atoms with Crippen LogP contribution < -0.4 is 11.1 Å². The summed E-state index contributed by atoms with van der Waals surface area (Å²) in [6.45, 7) is 0. The molecular weight excluding hydrogens is 292 g/mol. The van der Waals surface area contributed by atoms with E-state index in [0.29, 0.717) is 16.2 Å². The van der Waals surface area contributed by atoms with E-state index in [4.69, 9.17) is 0 Å². The van der Waals surface area contributed by atoms with E-state index >= 15 is 0 Å². The Labute approximate surface area is 122 Å². The average Bonchev–Trinajstić information content (AvgIpc) is 2.91. The van der Waals surface area contributed by atoms with Crippen molar-refractivity contribution in [1.82, 2.24) is 9.97 Å². The van der Waals surface area contributed by atoms with Gasteiger partial charge in [0.05, 0.1) is 11.6 Å². The van der Waals surface area contributed by atoms with Gasteiger partial charge in [0, 0.05) is 5.56 Å². The molecule has 0 unspecified atom stereocenters. The largest absolute Gasteiger partial charge is 0.504 e. The second-order valence-electron chi connectivity index (χ2n) is 4.14. The maximum Gasteiger partial charge on any atom is 0.347 e. The van der Waals surface area contributed by atoms with Crippen LogP contribution >= 0.6 is 11.3 Å². The van der Waals surface area contributed by atoms with Crippen LogP contribution in [0.3, 0.4) is 0 Å². The van der Waals surface area contributed by atoms with Crippen LogP contribution in [0.15, 0.2) is 39.5 Å². The van der Waals surface area contributed by atoms with Gasteiger partial charge in [-0.15, -0.1) is 11.3 Å². The minimum Gasteiger partial charge on any atom is -0.504 e. The molecule has 0 aliphatic rings. The van der Waals surface area contributed by atoms with Gasteiger partial charge in [0.15, 0.2) is 11.5 Å². The lowest BCUT2D eigenvalue weighted by Gasteiger charge is -2.02. The van der Waals surface area contributed by atoms with Gasteiger partial charge in [-0.1, -0.05) is 6.07 Å². The molecule has 2 heterocycles. The maximum atomic E-state index is 11.4. The fraction of sp³-hybridized carbons (Fsp3) is 0. The zero-order valence-electron chi connectivity index (χ0n) is 10.6. The molecule has 21 heavy (non-hydrogen) atoms. The summed E-state index contributed by atoms with van der Waals surface area (Å²) >= 11 is 1.35. The molecular formula is C13H10N4O3S. The van der Waals surface area contributed by atoms with Crippen LogP contribution in [0.25, 0.3) is 10.2 Å². The number of aromatic nitrogens is 2. The molecule has 0 radical (unpaired) electrons. The minimum absolute atomic E-state index is 0.225. The molecule has 4 N–H and O–H groups in total. The van der Waals surface area contributed by atoms with Crippen molar-refractivity contribution in [2.75, 3.05) is 5.43 Å². The number of H-pyrrole nitrogens is 1. The van der Waals surface area contributed by atoms with E-state index in [1.54, 1.807) is 12.1 Å². The summed E-state index contributed by atoms with van der Waals surface area (Å²) in [5, 5.41) is 25.5. The molecule has 3 aromatic rings. The summed E-state index contributed by atoms with van der Waals surface area (Å²) in [4.78, 5) is 18.4. The van der Waals surface area contributed by atoms with Crippen LogP contribution in [-0.4, -0.2) is 26.4 Å². The topological polar surface area (TPSA) is 111 Å². The molecule has 0 fully saturated rings. The highest BCUT2D eigenvalue weighted by atomic mass is 32.1. The van der Waals surface area contributed by atoms with E-state index in [1.165, 1.54) is 23.6 Å². The van der Waals surface area contributed by atoms with Gasteiger partial charge in [-0.3, -0.25) is 10.4 Å². The van der Waals surface area contributed by atoms with E-state index in [2.05, 4.69) is 20.5 Å². The van der Waals surface area contributed by atoms with Gasteiger partial charge >= 0.3 is 5.69 Å². The zero-order valence-corrected chi connectivity index (χ0v) is 11.4. The zero-order chi connectivity index (χ0) is 14.8. The number of fused-ring (bicyclic) bond motifs is 1. The van der Waals surface area contributed by atoms with E-state index in [9.17, 15) is 15.0 Å². The number of aromatic hydroxyl groups is 2. The molecule has 1 aromatic carbocycles. The number of hydrogen-bond acceptors (Lipinski definition) is 7. The Bertz CT molecular complexity index is 884. The van der Waals surface area contributed by atoms with E-state index < -0.39 is 5.69 Å². The van der Waals surface area contributed by atoms with Crippen molar-refractivity contribution in [3.8, 4) is 11.5 Å². The van der Waals surface area contributed by atoms with Crippen molar-refractivity contribution in [2.24, 2.45) is 5.10 Å². The normalized spacial score (nSPS) is 11.2. The Morgan fingerprint density at radius 3 is 3.05 bits per heavy atom. The number of para-hydroxylation sites is 1. The fourth-order valence-electron chi connectivity index (χ4n) is 1.78. The molecule has 0 saturated heterocycles. The molecule has 0 bridgehead atoms. The van der Waals surface area contributed by atoms with E-state index in [0.717, 1.165) is 5.39 Å². The Morgan fingerprint density at radius 2 is 2.19 bits per heavy atom. The number of phenols is 2. The van der Waals surface area contributed by atoms with Crippen molar-refractivity contribution in [3.63, 3.8) is 0 Å². The first-order valence-electron chi connectivity index (χ1n) is 5.92. The summed E-state index contributed by atoms with van der Waals surface area (Å²) in [7, 11) is 0. The predicted octanol–water partition coefficient (Wildman–Crippen LogP) is 1.84. The van der Waals surface area contributed by atoms with Gasteiger partial charge in [-0.2, -0.15) is 10.1 Å². The highest BCUT2D eigenvalue weighted by Gasteiger charge is 2.05. The molecule has 3 rings (SSSR count). The predicted molar refractivity (Wildman–Crippen MR) is 81.2 cm³/mol. The molecule has 106 valence electrons. The third-order valence-electron chi connectivity index (χ3n) is 2.78. The van der Waals surface area contributed by atoms with Crippen LogP contribution in [0.4, 0.5) is 5.82 Å². The first-order chi connectivity index (χ1) is 10.1. The maximum absolute atomic E-state index is 11.4. The van der Waals surface area contributed by atoms with Crippen LogP contribution in [0.5, 0.6) is 11.5 Å². The lowest BCUT2D eigenvalue weighted by atomic mass is 10.2. The number of hydrazone groups is 1. The summed E-state index contributed by atoms with van der Waals surface area (Å²) in [6, 6.07) is 6.36. The SMILES string of the molecule is O=c1nc2sccc2c(NN=Cc2cccc(O)c2O)[nH]1. The molecule has 0 atom stereocenters. The number of nitrogens with zero attached hydrogens (tertiary/aromatic N) is 2. The number of aromatic amines is 1. The average molecular weight is 302 g/mol. The number of rotatable bonds is 3. The summed E-state index contributed by atoms with van der Waals surface area (Å²) in [6.07, 6.45) is 1.34. The monoisotopic (exact) mass is 302 g/mol. The molecule has 8 heteroatoms. The van der Waals surface area contributed by atoms with Crippen LogP contribution in [0.1, 0.15) is 5.56 Å². The number of thiophene rings is 1. The van der Waals surface area contributed by atoms with Crippen LogP contribution in [-0.2, 0) is 0 Å². The Kier molecular flexibility index (Phi) is 3.28. The van der Waals surface area contributed by atoms with Crippen LogP contribution in [0, 0.1) is 0 Å². The standard InChI is InChI=1S/C13H10N4O3S/c18-9-3-1-2-7(10(9)19)6-14-17-11-8-4-5-21-12(8)16-13(20)15-11/h1-6,18-19H,(H2,15,16,17,20). The molecule has 0 aliphatic carbocycles. The first kappa shape index (κ1) is 13.1. The Balaban J connectivity index is 1.89. The molecule has 0 amide bonds. The molecule has 2 aromatic heterocycles. The molecule has 0 aliphatic heterocycles. The van der Waals surface area contributed by atoms with Gasteiger partial charge in [-0.05, 0) is 23.6 Å². The summed E-state index contributed by atoms with van der Waals surface area (Å²) < 4.78 is 0. The number of nitrogens with one attached hydrogen (secondary N) is 2. The number of hydrogen-bond donors (Lipinski definition) is 4. The highest BCUT2D eigenvalue weighted by molar-refractivity contribution is 7.16. The van der Waals surface area contributed by atoms with Crippen LogP contribution in [0.2, 0.25) is 0 Å². The first-order valence-corrected chi connectivity index (χ1v) is 6.80. The molecule has 0 saturated carbocycles. The Hall–Kier alpha value is -2.87. The van der Waals surface area contributed by atoms with Gasteiger partial charge in [0.2, 0.25) is 0 Å². The molecule has 7 nitrogen and oxygen atoms in total. The van der Waals surface area contributed by atoms with Gasteiger partial charge in [-0.25, -0.2) is 4.79 Å². The lowest BCUT2D eigenvalue weighted by Crippen LogP contribution is -2.11.